The van der Waals surface area contributed by atoms with Crippen molar-refractivity contribution >= 4 is 16.1 Å². The average molecular weight is 446 g/mol. The van der Waals surface area contributed by atoms with E-state index in [0.717, 1.165) is 24.7 Å². The van der Waals surface area contributed by atoms with Crippen LogP contribution in [0.3, 0.4) is 0 Å². The largest absolute Gasteiger partial charge is 0.331 e. The summed E-state index contributed by atoms with van der Waals surface area (Å²) >= 11 is 0. The third-order valence-electron chi connectivity index (χ3n) is 6.38. The number of amides is 2. The molecule has 31 heavy (non-hydrogen) atoms. The Kier molecular flexibility index (Phi) is 5.55. The van der Waals surface area contributed by atoms with E-state index < -0.39 is 22.1 Å². The van der Waals surface area contributed by atoms with Crippen LogP contribution in [-0.2, 0) is 16.4 Å². The first-order chi connectivity index (χ1) is 14.6. The van der Waals surface area contributed by atoms with Gasteiger partial charge in [-0.3, -0.25) is 0 Å². The summed E-state index contributed by atoms with van der Waals surface area (Å²) in [6.07, 6.45) is 3.06. The lowest BCUT2D eigenvalue weighted by molar-refractivity contribution is 0.162. The van der Waals surface area contributed by atoms with Gasteiger partial charge in [0.05, 0.1) is 12.3 Å². The van der Waals surface area contributed by atoms with Crippen LogP contribution in [0.1, 0.15) is 18.4 Å². The molecule has 2 aliphatic rings. The molecule has 2 aromatic carbocycles. The maximum Gasteiger partial charge on any atom is 0.319 e. The lowest BCUT2D eigenvalue weighted by atomic mass is 9.91. The van der Waals surface area contributed by atoms with Gasteiger partial charge in [0.1, 0.15) is 5.82 Å². The highest BCUT2D eigenvalue weighted by Crippen LogP contribution is 2.55. The summed E-state index contributed by atoms with van der Waals surface area (Å²) in [6.45, 7) is 0.474. The molecular formula is C23H28FN3O3S. The lowest BCUT2D eigenvalue weighted by Gasteiger charge is -2.31. The van der Waals surface area contributed by atoms with Crippen molar-refractivity contribution in [1.82, 2.24) is 14.5 Å². The molecule has 0 aromatic heterocycles. The Labute approximate surface area is 183 Å². The number of urea groups is 1. The molecule has 1 saturated heterocycles. The zero-order chi connectivity index (χ0) is 22.4. The fourth-order valence-corrected chi connectivity index (χ4v) is 5.57. The topological polar surface area (TPSA) is 69.7 Å². The number of carbonyl (C=O) groups excluding carboxylic acids is 1. The van der Waals surface area contributed by atoms with Crippen LogP contribution in [0.25, 0.3) is 11.1 Å². The molecule has 2 amide bonds. The highest BCUT2D eigenvalue weighted by molar-refractivity contribution is 7.88. The van der Waals surface area contributed by atoms with Gasteiger partial charge in [0.15, 0.2) is 0 Å². The second-order valence-corrected chi connectivity index (χ2v) is 10.7. The Morgan fingerprint density at radius 3 is 2.42 bits per heavy atom. The molecule has 166 valence electrons. The van der Waals surface area contributed by atoms with Crippen molar-refractivity contribution in [1.29, 1.82) is 0 Å². The van der Waals surface area contributed by atoms with Gasteiger partial charge in [-0.2, -0.15) is 0 Å². The van der Waals surface area contributed by atoms with Gasteiger partial charge in [0, 0.05) is 37.7 Å². The third kappa shape index (κ3) is 4.32. The zero-order valence-corrected chi connectivity index (χ0v) is 18.8. The smallest absolute Gasteiger partial charge is 0.319 e. The summed E-state index contributed by atoms with van der Waals surface area (Å²) in [6, 6.07) is 13.5. The molecule has 2 fully saturated rings. The molecule has 0 bridgehead atoms. The molecule has 1 aliphatic heterocycles. The van der Waals surface area contributed by atoms with E-state index in [9.17, 15) is 13.2 Å². The van der Waals surface area contributed by atoms with Gasteiger partial charge in [-0.1, -0.05) is 48.5 Å². The van der Waals surface area contributed by atoms with Gasteiger partial charge >= 0.3 is 6.03 Å². The number of rotatable bonds is 5. The van der Waals surface area contributed by atoms with Gasteiger partial charge in [0.25, 0.3) is 0 Å². The molecular weight excluding hydrogens is 417 g/mol. The van der Waals surface area contributed by atoms with Crippen LogP contribution < -0.4 is 4.72 Å². The van der Waals surface area contributed by atoms with Crippen molar-refractivity contribution < 1.29 is 17.6 Å². The number of likely N-dealkylation sites (tertiary alicyclic amines) is 1. The van der Waals surface area contributed by atoms with E-state index in [1.807, 2.05) is 30.3 Å². The number of benzene rings is 2. The van der Waals surface area contributed by atoms with E-state index in [1.54, 1.807) is 37.2 Å². The first kappa shape index (κ1) is 21.8. The Balaban J connectivity index is 1.72. The summed E-state index contributed by atoms with van der Waals surface area (Å²) in [7, 11) is -0.143. The monoisotopic (exact) mass is 445 g/mol. The van der Waals surface area contributed by atoms with Crippen molar-refractivity contribution in [3.8, 4) is 11.1 Å². The predicted octanol–water partition coefficient (Wildman–Crippen LogP) is 3.10. The number of hydrogen-bond donors (Lipinski definition) is 1. The maximum atomic E-state index is 15.5. The van der Waals surface area contributed by atoms with E-state index in [0.29, 0.717) is 17.7 Å². The van der Waals surface area contributed by atoms with Crippen LogP contribution in [0.5, 0.6) is 0 Å². The molecule has 1 saturated carbocycles. The molecule has 1 aliphatic carbocycles. The van der Waals surface area contributed by atoms with Gasteiger partial charge in [-0.05, 0) is 30.4 Å². The summed E-state index contributed by atoms with van der Waals surface area (Å²) in [4.78, 5) is 16.1. The van der Waals surface area contributed by atoms with E-state index >= 15 is 4.39 Å². The molecule has 1 N–H and O–H groups in total. The molecule has 1 spiro atoms. The van der Waals surface area contributed by atoms with Gasteiger partial charge in [-0.15, -0.1) is 0 Å². The second kappa shape index (κ2) is 7.91. The van der Waals surface area contributed by atoms with Crippen molar-refractivity contribution in [2.45, 2.75) is 31.3 Å². The van der Waals surface area contributed by atoms with Crippen LogP contribution in [0.2, 0.25) is 0 Å². The van der Waals surface area contributed by atoms with Gasteiger partial charge in [-0.25, -0.2) is 22.3 Å². The van der Waals surface area contributed by atoms with E-state index in [-0.39, 0.29) is 23.7 Å². The van der Waals surface area contributed by atoms with E-state index in [2.05, 4.69) is 4.72 Å². The molecule has 0 unspecified atom stereocenters. The molecule has 0 radical (unpaired) electrons. The Hall–Kier alpha value is -2.45. The Morgan fingerprint density at radius 2 is 1.84 bits per heavy atom. The van der Waals surface area contributed by atoms with Crippen molar-refractivity contribution in [3.63, 3.8) is 0 Å². The minimum atomic E-state index is -3.49. The first-order valence-electron chi connectivity index (χ1n) is 10.4. The number of halogens is 1. The second-order valence-electron chi connectivity index (χ2n) is 8.95. The minimum absolute atomic E-state index is 0.186. The van der Waals surface area contributed by atoms with Crippen LogP contribution in [0.4, 0.5) is 9.18 Å². The average Bonchev–Trinajstić information content (AvgIpc) is 3.44. The fraction of sp³-hybridized carbons (Fsp3) is 0.435. The normalized spacial score (nSPS) is 22.0. The molecule has 6 nitrogen and oxygen atoms in total. The summed E-state index contributed by atoms with van der Waals surface area (Å²) in [5.41, 5.74) is 1.47. The highest BCUT2D eigenvalue weighted by Gasteiger charge is 2.61. The van der Waals surface area contributed by atoms with Gasteiger partial charge in [0.2, 0.25) is 10.0 Å². The minimum Gasteiger partial charge on any atom is -0.331 e. The fourth-order valence-electron chi connectivity index (χ4n) is 4.70. The van der Waals surface area contributed by atoms with E-state index in [4.69, 9.17) is 0 Å². The quantitative estimate of drug-likeness (QED) is 0.769. The molecule has 1 heterocycles. The number of nitrogens with zero attached hydrogens (tertiary/aromatic N) is 2. The molecule has 2 aromatic rings. The van der Waals surface area contributed by atoms with Gasteiger partial charge < -0.3 is 9.80 Å². The summed E-state index contributed by atoms with van der Waals surface area (Å²) in [5.74, 6) is -0.333. The first-order valence-corrected chi connectivity index (χ1v) is 12.3. The van der Waals surface area contributed by atoms with Crippen molar-refractivity contribution in [3.05, 3.63) is 59.9 Å². The van der Waals surface area contributed by atoms with Crippen LogP contribution in [0, 0.1) is 11.2 Å². The molecule has 8 heteroatoms. The number of nitrogens with one attached hydrogen (secondary N) is 1. The van der Waals surface area contributed by atoms with E-state index in [1.165, 1.54) is 4.90 Å². The Morgan fingerprint density at radius 1 is 1.16 bits per heavy atom. The number of sulfonamides is 1. The summed E-state index contributed by atoms with van der Waals surface area (Å²) < 4.78 is 42.5. The number of hydrogen-bond acceptors (Lipinski definition) is 3. The van der Waals surface area contributed by atoms with Crippen molar-refractivity contribution in [2.75, 3.05) is 26.9 Å². The van der Waals surface area contributed by atoms with Crippen LogP contribution >= 0.6 is 0 Å². The van der Waals surface area contributed by atoms with Crippen LogP contribution in [0.15, 0.2) is 48.5 Å². The standard InChI is InChI=1S/C23H28FN3O3S/c1-26(2)22(28)27-15-23(12-13-23)21(25-31(3,29)30)19(27)14-17-10-7-11-18(20(17)24)16-8-5-4-6-9-16/h4-11,19,21,25H,12-15H2,1-3H3/t19-,21+/m0/s1. The summed E-state index contributed by atoms with van der Waals surface area (Å²) in [5, 5.41) is 0. The predicted molar refractivity (Wildman–Crippen MR) is 119 cm³/mol. The van der Waals surface area contributed by atoms with Crippen LogP contribution in [-0.4, -0.2) is 63.2 Å². The SMILES string of the molecule is CN(C)C(=O)N1CC2(CC2)[C@H](NS(C)(=O)=O)[C@@H]1Cc1cccc(-c2ccccc2)c1F. The molecule has 4 rings (SSSR count). The highest BCUT2D eigenvalue weighted by atomic mass is 32.2. The number of carbonyl (C=O) groups is 1. The maximum absolute atomic E-state index is 15.5. The Bertz CT molecular complexity index is 1080. The molecule has 2 atom stereocenters. The third-order valence-corrected chi connectivity index (χ3v) is 7.07. The lowest BCUT2D eigenvalue weighted by Crippen LogP contribution is -2.51. The van der Waals surface area contributed by atoms with Crippen molar-refractivity contribution in [2.24, 2.45) is 5.41 Å². The zero-order valence-electron chi connectivity index (χ0n) is 18.0.